The number of sulfonamides is 1. The molecule has 2 aliphatic rings. The summed E-state index contributed by atoms with van der Waals surface area (Å²) in [6.07, 6.45) is 5.73. The van der Waals surface area contributed by atoms with Crippen molar-refractivity contribution >= 4 is 31.6 Å². The highest BCUT2D eigenvalue weighted by atomic mass is 79.9. The van der Waals surface area contributed by atoms with Crippen LogP contribution < -0.4 is 10.3 Å². The van der Waals surface area contributed by atoms with Crippen LogP contribution in [0.2, 0.25) is 0 Å². The first kappa shape index (κ1) is 26.0. The van der Waals surface area contributed by atoms with Crippen LogP contribution in [0.4, 0.5) is 18.9 Å². The molecule has 1 N–H and O–H groups in total. The van der Waals surface area contributed by atoms with Crippen molar-refractivity contribution in [2.45, 2.75) is 38.7 Å². The van der Waals surface area contributed by atoms with E-state index in [1.54, 1.807) is 23.8 Å². The molecule has 0 atom stereocenters. The normalized spacial score (nSPS) is 12.3. The largest absolute Gasteiger partial charge is 0.516 e. The van der Waals surface area contributed by atoms with Gasteiger partial charge in [0, 0.05) is 39.3 Å². The first-order chi connectivity index (χ1) is 17.0. The number of hydrogen-bond donors (Lipinski definition) is 1. The fourth-order valence-corrected chi connectivity index (χ4v) is 5.35. The van der Waals surface area contributed by atoms with Crippen LogP contribution in [0.15, 0.2) is 62.7 Å². The summed E-state index contributed by atoms with van der Waals surface area (Å²) in [7, 11) is -5.67. The van der Waals surface area contributed by atoms with Crippen molar-refractivity contribution in [2.75, 3.05) is 4.72 Å². The van der Waals surface area contributed by atoms with Crippen molar-refractivity contribution in [1.29, 1.82) is 0 Å². The predicted molar refractivity (Wildman–Crippen MR) is 133 cm³/mol. The Bertz CT molecular complexity index is 1560. The Kier molecular flexibility index (Phi) is 7.02. The molecule has 1 aliphatic carbocycles. The number of benzene rings is 1. The van der Waals surface area contributed by atoms with Crippen molar-refractivity contribution in [3.05, 3.63) is 80.8 Å². The summed E-state index contributed by atoms with van der Waals surface area (Å²) in [6, 6.07) is 7.46. The van der Waals surface area contributed by atoms with Gasteiger partial charge in [-0.25, -0.2) is 4.98 Å². The minimum Gasteiger partial charge on any atom is -0.472 e. The smallest absolute Gasteiger partial charge is 0.472 e. The molecular weight excluding hydrogens is 563 g/mol. The zero-order valence-electron chi connectivity index (χ0n) is 19.2. The number of para-hydroxylation sites is 1. The molecule has 1 aromatic heterocycles. The number of hydrogen-bond acceptors (Lipinski definition) is 5. The number of halogens is 4. The molecule has 1 aliphatic heterocycles. The fraction of sp³-hybridized carbons (Fsp3) is 0.250. The maximum Gasteiger partial charge on any atom is 0.516 e. The standard InChI is InChI=1S/C24H21BrF3N3O4S/c1-3-6-20-29-11-14(2)23(32)31(20)12-17-15-9-10-35-13-18(15)22(25)21(17)16-7-4-5-8-19(16)30-36(33,34)24(26,27)28/h4-5,7-11,13,30H,3,6,12H2,1-2H3. The lowest BCUT2D eigenvalue weighted by Crippen LogP contribution is -2.30. The Morgan fingerprint density at radius 3 is 2.56 bits per heavy atom. The summed E-state index contributed by atoms with van der Waals surface area (Å²) in [5.74, 6) is 0.566. The van der Waals surface area contributed by atoms with Crippen molar-refractivity contribution in [2.24, 2.45) is 0 Å². The van der Waals surface area contributed by atoms with E-state index in [0.29, 0.717) is 44.5 Å². The molecule has 0 amide bonds. The number of alkyl halides is 3. The molecule has 2 aromatic rings. The summed E-state index contributed by atoms with van der Waals surface area (Å²) in [4.78, 5) is 17.5. The van der Waals surface area contributed by atoms with E-state index >= 15 is 0 Å². The number of aryl methyl sites for hydroxylation is 2. The molecule has 0 spiro atoms. The van der Waals surface area contributed by atoms with Gasteiger partial charge < -0.3 is 4.42 Å². The molecule has 7 nitrogen and oxygen atoms in total. The van der Waals surface area contributed by atoms with E-state index in [9.17, 15) is 26.4 Å². The van der Waals surface area contributed by atoms with E-state index in [0.717, 1.165) is 6.42 Å². The second kappa shape index (κ2) is 9.74. The molecule has 0 unspecified atom stereocenters. The molecular formula is C24H21BrF3N3O4S. The van der Waals surface area contributed by atoms with Crippen molar-refractivity contribution in [1.82, 2.24) is 9.55 Å². The highest BCUT2D eigenvalue weighted by Gasteiger charge is 2.46. The van der Waals surface area contributed by atoms with Gasteiger partial charge >= 0.3 is 15.5 Å². The maximum absolute atomic E-state index is 13.1. The summed E-state index contributed by atoms with van der Waals surface area (Å²) >= 11 is 3.53. The number of nitrogens with zero attached hydrogens (tertiary/aromatic N) is 2. The Morgan fingerprint density at radius 1 is 1.14 bits per heavy atom. The first-order valence-corrected chi connectivity index (χ1v) is 13.1. The zero-order chi connectivity index (χ0) is 26.3. The third-order valence-corrected chi connectivity index (χ3v) is 7.63. The topological polar surface area (TPSA) is 94.2 Å². The highest BCUT2D eigenvalue weighted by Crippen LogP contribution is 2.48. The van der Waals surface area contributed by atoms with Gasteiger partial charge in [0.25, 0.3) is 5.56 Å². The van der Waals surface area contributed by atoms with Crippen LogP contribution in [-0.4, -0.2) is 23.5 Å². The molecule has 0 bridgehead atoms. The third kappa shape index (κ3) is 4.66. The number of aromatic nitrogens is 2. The second-order valence-electron chi connectivity index (χ2n) is 8.15. The highest BCUT2D eigenvalue weighted by molar-refractivity contribution is 9.10. The van der Waals surface area contributed by atoms with E-state index in [-0.39, 0.29) is 23.4 Å². The molecule has 1 aromatic carbocycles. The minimum absolute atomic E-state index is 0.0602. The van der Waals surface area contributed by atoms with E-state index in [1.807, 2.05) is 6.92 Å². The quantitative estimate of drug-likeness (QED) is 0.290. The van der Waals surface area contributed by atoms with Gasteiger partial charge in [0.2, 0.25) is 0 Å². The Hall–Kier alpha value is -3.12. The maximum atomic E-state index is 13.1. The molecule has 36 heavy (non-hydrogen) atoms. The van der Waals surface area contributed by atoms with Crippen molar-refractivity contribution in [3.8, 4) is 22.3 Å². The first-order valence-electron chi connectivity index (χ1n) is 10.9. The zero-order valence-corrected chi connectivity index (χ0v) is 21.6. The number of anilines is 1. The SMILES string of the molecule is CCCc1ncc(C)c(=O)n1Cc1c2ccocc-2c(Br)c1-c1ccccc1NS(=O)(=O)C(F)(F)F. The Morgan fingerprint density at radius 2 is 1.86 bits per heavy atom. The summed E-state index contributed by atoms with van der Waals surface area (Å²) in [6.45, 7) is 3.67. The van der Waals surface area contributed by atoms with Gasteiger partial charge in [-0.2, -0.15) is 21.6 Å². The molecule has 2 heterocycles. The van der Waals surface area contributed by atoms with Crippen LogP contribution in [0.5, 0.6) is 0 Å². The van der Waals surface area contributed by atoms with Crippen LogP contribution in [0.1, 0.15) is 30.3 Å². The summed E-state index contributed by atoms with van der Waals surface area (Å²) in [5.41, 5.74) is -3.02. The van der Waals surface area contributed by atoms with Gasteiger partial charge in [0.1, 0.15) is 5.82 Å². The lowest BCUT2D eigenvalue weighted by atomic mass is 10.0. The molecule has 4 rings (SSSR count). The van der Waals surface area contributed by atoms with Crippen molar-refractivity contribution in [3.63, 3.8) is 0 Å². The number of rotatable bonds is 7. The van der Waals surface area contributed by atoms with Crippen LogP contribution in [-0.2, 0) is 23.0 Å². The van der Waals surface area contributed by atoms with Gasteiger partial charge in [-0.15, -0.1) is 0 Å². The lowest BCUT2D eigenvalue weighted by Gasteiger charge is -2.17. The van der Waals surface area contributed by atoms with Gasteiger partial charge in [0.15, 0.2) is 0 Å². The van der Waals surface area contributed by atoms with Gasteiger partial charge in [-0.1, -0.05) is 25.1 Å². The van der Waals surface area contributed by atoms with Crippen LogP contribution in [0.25, 0.3) is 22.3 Å². The fourth-order valence-electron chi connectivity index (χ4n) is 4.01. The van der Waals surface area contributed by atoms with Gasteiger partial charge in [-0.3, -0.25) is 14.1 Å². The van der Waals surface area contributed by atoms with E-state index in [2.05, 4.69) is 20.9 Å². The predicted octanol–water partition coefficient (Wildman–Crippen LogP) is 5.94. The molecule has 0 radical (unpaired) electrons. The monoisotopic (exact) mass is 583 g/mol. The third-order valence-electron chi connectivity index (χ3n) is 5.71. The molecule has 0 fully saturated rings. The van der Waals surface area contributed by atoms with Gasteiger partial charge in [-0.05, 0) is 52.5 Å². The Balaban J connectivity index is 1.98. The molecule has 12 heteroatoms. The summed E-state index contributed by atoms with van der Waals surface area (Å²) in [5, 5.41) is 0. The molecule has 190 valence electrons. The Labute approximate surface area is 213 Å². The molecule has 0 saturated carbocycles. The van der Waals surface area contributed by atoms with Crippen LogP contribution >= 0.6 is 15.9 Å². The van der Waals surface area contributed by atoms with E-state index in [1.165, 1.54) is 41.5 Å². The van der Waals surface area contributed by atoms with E-state index in [4.69, 9.17) is 4.42 Å². The molecule has 0 saturated heterocycles. The van der Waals surface area contributed by atoms with Crippen LogP contribution in [0.3, 0.4) is 0 Å². The van der Waals surface area contributed by atoms with Gasteiger partial charge in [0.05, 0.1) is 24.8 Å². The average molecular weight is 584 g/mol. The van der Waals surface area contributed by atoms with Crippen LogP contribution in [0, 0.1) is 6.92 Å². The second-order valence-corrected chi connectivity index (χ2v) is 10.6. The average Bonchev–Trinajstić information content (AvgIpc) is 3.10. The van der Waals surface area contributed by atoms with Crippen molar-refractivity contribution < 1.29 is 26.0 Å². The number of fused-ring (bicyclic) bond motifs is 1. The number of nitrogens with one attached hydrogen (secondary N) is 1. The summed E-state index contributed by atoms with van der Waals surface area (Å²) < 4.78 is 72.3. The minimum atomic E-state index is -5.67. The lowest BCUT2D eigenvalue weighted by molar-refractivity contribution is -0.0429. The van der Waals surface area contributed by atoms with E-state index < -0.39 is 15.5 Å².